The number of hydrogen-bond donors (Lipinski definition) is 0. The number of alkyl halides is 1. The molecule has 3 rings (SSSR count). The van der Waals surface area contributed by atoms with Gasteiger partial charge in [0, 0.05) is 4.83 Å². The standard InChI is InChI=1S/C17H19BrO/c1-19-16-9-8-13-10-15(7-6-14(13)11-16)17(18)12-4-2-3-5-12/h6-12,17H,2-5H2,1H3. The van der Waals surface area contributed by atoms with Crippen molar-refractivity contribution in [2.75, 3.05) is 7.11 Å². The summed E-state index contributed by atoms with van der Waals surface area (Å²) in [5, 5.41) is 2.54. The zero-order chi connectivity index (χ0) is 13.2. The summed E-state index contributed by atoms with van der Waals surface area (Å²) in [6.45, 7) is 0. The molecule has 1 unspecified atom stereocenters. The molecule has 1 fully saturated rings. The van der Waals surface area contributed by atoms with Crippen LogP contribution in [0.2, 0.25) is 0 Å². The van der Waals surface area contributed by atoms with E-state index < -0.39 is 0 Å². The maximum absolute atomic E-state index is 5.27. The number of halogens is 1. The van der Waals surface area contributed by atoms with E-state index in [2.05, 4.69) is 46.3 Å². The molecule has 1 atom stereocenters. The summed E-state index contributed by atoms with van der Waals surface area (Å²) in [5.41, 5.74) is 1.41. The van der Waals surface area contributed by atoms with Crippen LogP contribution in [0.5, 0.6) is 5.75 Å². The zero-order valence-corrected chi connectivity index (χ0v) is 12.8. The molecular formula is C17H19BrO. The molecule has 0 aromatic heterocycles. The van der Waals surface area contributed by atoms with E-state index in [1.165, 1.54) is 42.0 Å². The SMILES string of the molecule is COc1ccc2cc(C(Br)C3CCCC3)ccc2c1. The van der Waals surface area contributed by atoms with Crippen LogP contribution in [0, 0.1) is 5.92 Å². The second-order valence-corrected chi connectivity index (χ2v) is 6.41. The van der Waals surface area contributed by atoms with Gasteiger partial charge in [0.05, 0.1) is 7.11 Å². The molecule has 0 spiro atoms. The van der Waals surface area contributed by atoms with Crippen LogP contribution in [0.15, 0.2) is 36.4 Å². The highest BCUT2D eigenvalue weighted by atomic mass is 79.9. The van der Waals surface area contributed by atoms with Gasteiger partial charge in [0.15, 0.2) is 0 Å². The molecular weight excluding hydrogens is 300 g/mol. The molecule has 2 aromatic carbocycles. The Morgan fingerprint density at radius 3 is 2.47 bits per heavy atom. The van der Waals surface area contributed by atoms with Crippen LogP contribution in [0.25, 0.3) is 10.8 Å². The Bertz CT molecular complexity index is 572. The minimum atomic E-state index is 0.501. The topological polar surface area (TPSA) is 9.23 Å². The summed E-state index contributed by atoms with van der Waals surface area (Å²) in [4.78, 5) is 0.501. The molecule has 0 N–H and O–H groups in total. The summed E-state index contributed by atoms with van der Waals surface area (Å²) in [7, 11) is 1.71. The molecule has 0 amide bonds. The molecule has 19 heavy (non-hydrogen) atoms. The quantitative estimate of drug-likeness (QED) is 0.681. The van der Waals surface area contributed by atoms with Crippen LogP contribution in [0.1, 0.15) is 36.1 Å². The first-order valence-corrected chi connectivity index (χ1v) is 7.91. The maximum atomic E-state index is 5.27. The third-order valence-corrected chi connectivity index (χ3v) is 5.48. The van der Waals surface area contributed by atoms with Crippen molar-refractivity contribution in [2.45, 2.75) is 30.5 Å². The van der Waals surface area contributed by atoms with E-state index in [0.717, 1.165) is 11.7 Å². The highest BCUT2D eigenvalue weighted by Crippen LogP contribution is 2.41. The van der Waals surface area contributed by atoms with E-state index in [1.54, 1.807) is 7.11 Å². The summed E-state index contributed by atoms with van der Waals surface area (Å²) in [6.07, 6.45) is 5.49. The van der Waals surface area contributed by atoms with E-state index in [4.69, 9.17) is 4.74 Å². The highest BCUT2D eigenvalue weighted by molar-refractivity contribution is 9.09. The van der Waals surface area contributed by atoms with E-state index in [-0.39, 0.29) is 0 Å². The van der Waals surface area contributed by atoms with Gasteiger partial charge in [-0.25, -0.2) is 0 Å². The van der Waals surface area contributed by atoms with Gasteiger partial charge >= 0.3 is 0 Å². The summed E-state index contributed by atoms with van der Waals surface area (Å²) in [6, 6.07) is 13.0. The lowest BCUT2D eigenvalue weighted by Gasteiger charge is -2.18. The average molecular weight is 319 g/mol. The molecule has 0 radical (unpaired) electrons. The van der Waals surface area contributed by atoms with Crippen LogP contribution in [-0.4, -0.2) is 7.11 Å². The molecule has 1 nitrogen and oxygen atoms in total. The van der Waals surface area contributed by atoms with Gasteiger partial charge in [-0.05, 0) is 47.2 Å². The van der Waals surface area contributed by atoms with Gasteiger partial charge in [-0.1, -0.05) is 53.0 Å². The third-order valence-electron chi connectivity index (χ3n) is 4.20. The Labute approximate surface area is 123 Å². The minimum absolute atomic E-state index is 0.501. The van der Waals surface area contributed by atoms with Crippen molar-refractivity contribution >= 4 is 26.7 Å². The van der Waals surface area contributed by atoms with E-state index >= 15 is 0 Å². The van der Waals surface area contributed by atoms with Crippen LogP contribution >= 0.6 is 15.9 Å². The fourth-order valence-corrected chi connectivity index (χ4v) is 3.88. The maximum Gasteiger partial charge on any atom is 0.119 e. The van der Waals surface area contributed by atoms with Crippen molar-refractivity contribution < 1.29 is 4.74 Å². The Morgan fingerprint density at radius 2 is 1.74 bits per heavy atom. The molecule has 1 aliphatic carbocycles. The first-order chi connectivity index (χ1) is 9.28. The Morgan fingerprint density at radius 1 is 1.05 bits per heavy atom. The monoisotopic (exact) mass is 318 g/mol. The summed E-state index contributed by atoms with van der Waals surface area (Å²) >= 11 is 3.90. The predicted octanol–water partition coefficient (Wildman–Crippen LogP) is 5.47. The predicted molar refractivity (Wildman–Crippen MR) is 84.1 cm³/mol. The Balaban J connectivity index is 1.92. The van der Waals surface area contributed by atoms with E-state index in [0.29, 0.717) is 4.83 Å². The van der Waals surface area contributed by atoms with Crippen LogP contribution < -0.4 is 4.74 Å². The number of ether oxygens (including phenoxy) is 1. The van der Waals surface area contributed by atoms with Crippen LogP contribution in [-0.2, 0) is 0 Å². The Hall–Kier alpha value is -1.02. The van der Waals surface area contributed by atoms with E-state index in [1.807, 2.05) is 6.07 Å². The van der Waals surface area contributed by atoms with Gasteiger partial charge in [0.25, 0.3) is 0 Å². The van der Waals surface area contributed by atoms with Crippen LogP contribution in [0.3, 0.4) is 0 Å². The van der Waals surface area contributed by atoms with Crippen LogP contribution in [0.4, 0.5) is 0 Å². The number of hydrogen-bond acceptors (Lipinski definition) is 1. The first kappa shape index (κ1) is 13.0. The first-order valence-electron chi connectivity index (χ1n) is 7.00. The third kappa shape index (κ3) is 2.64. The lowest BCUT2D eigenvalue weighted by molar-refractivity contribution is 0.415. The van der Waals surface area contributed by atoms with Crippen molar-refractivity contribution in [3.05, 3.63) is 42.0 Å². The molecule has 0 aliphatic heterocycles. The average Bonchev–Trinajstić information content (AvgIpc) is 2.99. The zero-order valence-electron chi connectivity index (χ0n) is 11.2. The smallest absolute Gasteiger partial charge is 0.119 e. The number of rotatable bonds is 3. The molecule has 2 aromatic rings. The van der Waals surface area contributed by atoms with Crippen molar-refractivity contribution in [1.29, 1.82) is 0 Å². The molecule has 100 valence electrons. The van der Waals surface area contributed by atoms with Crippen molar-refractivity contribution in [3.8, 4) is 5.75 Å². The number of fused-ring (bicyclic) bond motifs is 1. The molecule has 0 bridgehead atoms. The van der Waals surface area contributed by atoms with E-state index in [9.17, 15) is 0 Å². The molecule has 1 saturated carbocycles. The molecule has 0 saturated heterocycles. The van der Waals surface area contributed by atoms with Crippen molar-refractivity contribution in [2.24, 2.45) is 5.92 Å². The number of methoxy groups -OCH3 is 1. The van der Waals surface area contributed by atoms with Gasteiger partial charge in [-0.2, -0.15) is 0 Å². The molecule has 0 heterocycles. The van der Waals surface area contributed by atoms with Crippen molar-refractivity contribution in [3.63, 3.8) is 0 Å². The van der Waals surface area contributed by atoms with Crippen molar-refractivity contribution in [1.82, 2.24) is 0 Å². The molecule has 2 heteroatoms. The Kier molecular flexibility index (Phi) is 3.79. The second-order valence-electron chi connectivity index (χ2n) is 5.42. The lowest BCUT2D eigenvalue weighted by atomic mass is 9.96. The van der Waals surface area contributed by atoms with Gasteiger partial charge < -0.3 is 4.74 Å². The van der Waals surface area contributed by atoms with Gasteiger partial charge in [-0.3, -0.25) is 0 Å². The lowest BCUT2D eigenvalue weighted by Crippen LogP contribution is -2.02. The largest absolute Gasteiger partial charge is 0.497 e. The highest BCUT2D eigenvalue weighted by Gasteiger charge is 2.24. The second kappa shape index (κ2) is 5.54. The molecule has 1 aliphatic rings. The van der Waals surface area contributed by atoms with Gasteiger partial charge in [-0.15, -0.1) is 0 Å². The van der Waals surface area contributed by atoms with Gasteiger partial charge in [0.1, 0.15) is 5.75 Å². The van der Waals surface area contributed by atoms with Gasteiger partial charge in [0.2, 0.25) is 0 Å². The fraction of sp³-hybridized carbons (Fsp3) is 0.412. The normalized spacial score (nSPS) is 17.8. The minimum Gasteiger partial charge on any atom is -0.497 e. The summed E-state index contributed by atoms with van der Waals surface area (Å²) < 4.78 is 5.27. The number of benzene rings is 2. The fourth-order valence-electron chi connectivity index (χ4n) is 3.06. The summed E-state index contributed by atoms with van der Waals surface area (Å²) in [5.74, 6) is 1.72.